The summed E-state index contributed by atoms with van der Waals surface area (Å²) in [6.07, 6.45) is 1.33. The van der Waals surface area contributed by atoms with Crippen molar-refractivity contribution < 1.29 is 9.53 Å². The largest absolute Gasteiger partial charge is 0.468 e. The summed E-state index contributed by atoms with van der Waals surface area (Å²) in [5.41, 5.74) is -0.500. The fourth-order valence-corrected chi connectivity index (χ4v) is 1.97. The van der Waals surface area contributed by atoms with E-state index in [-0.39, 0.29) is 11.5 Å². The summed E-state index contributed by atoms with van der Waals surface area (Å²) in [7, 11) is 1.33. The van der Waals surface area contributed by atoms with Crippen LogP contribution in [0, 0.1) is 0 Å². The zero-order valence-electron chi connectivity index (χ0n) is 8.17. The number of carbonyl (C=O) groups excluding carboxylic acids is 1. The molecule has 1 saturated carbocycles. The summed E-state index contributed by atoms with van der Waals surface area (Å²) in [5, 5.41) is 0.400. The number of H-pyrrole nitrogens is 1. The number of methoxy groups -OCH3 is 1. The molecule has 0 aromatic carbocycles. The fourth-order valence-electron chi connectivity index (χ4n) is 1.68. The first-order valence-electron chi connectivity index (χ1n) is 4.58. The van der Waals surface area contributed by atoms with Crippen LogP contribution < -0.4 is 5.56 Å². The van der Waals surface area contributed by atoms with Crippen LogP contribution in [0.2, 0.25) is 5.02 Å². The third kappa shape index (κ3) is 1.55. The molecule has 80 valence electrons. The molecular weight excluding hydrogens is 218 g/mol. The van der Waals surface area contributed by atoms with Crippen molar-refractivity contribution in [3.05, 3.63) is 33.2 Å². The zero-order chi connectivity index (χ0) is 11.1. The highest BCUT2D eigenvalue weighted by atomic mass is 35.5. The lowest BCUT2D eigenvalue weighted by Crippen LogP contribution is -2.26. The molecule has 0 bridgehead atoms. The van der Waals surface area contributed by atoms with E-state index in [2.05, 4.69) is 4.98 Å². The standard InChI is InChI=1S/C10H10ClNO3/c1-15-9(14)10(4-5-10)8-6(11)2-3-7(13)12-8/h2-3H,4-5H2,1H3,(H,12,13). The summed E-state index contributed by atoms with van der Waals surface area (Å²) in [4.78, 5) is 25.3. The monoisotopic (exact) mass is 227 g/mol. The number of nitrogens with one attached hydrogen (secondary N) is 1. The molecule has 0 aliphatic heterocycles. The van der Waals surface area contributed by atoms with Gasteiger partial charge in [0.2, 0.25) is 5.56 Å². The molecule has 0 unspecified atom stereocenters. The molecule has 1 heterocycles. The number of rotatable bonds is 2. The average Bonchev–Trinajstić information content (AvgIpc) is 3.01. The van der Waals surface area contributed by atoms with Crippen LogP contribution in [-0.2, 0) is 14.9 Å². The van der Waals surface area contributed by atoms with Gasteiger partial charge in [0.15, 0.2) is 0 Å². The van der Waals surface area contributed by atoms with E-state index in [1.807, 2.05) is 0 Å². The highest BCUT2D eigenvalue weighted by Gasteiger charge is 2.54. The zero-order valence-corrected chi connectivity index (χ0v) is 8.93. The quantitative estimate of drug-likeness (QED) is 0.774. The van der Waals surface area contributed by atoms with Crippen molar-refractivity contribution in [3.8, 4) is 0 Å². The number of hydrogen-bond acceptors (Lipinski definition) is 3. The molecule has 1 N–H and O–H groups in total. The number of pyridine rings is 1. The maximum absolute atomic E-state index is 11.6. The molecule has 0 amide bonds. The minimum absolute atomic E-state index is 0.260. The van der Waals surface area contributed by atoms with Crippen LogP contribution in [0.3, 0.4) is 0 Å². The van der Waals surface area contributed by atoms with Gasteiger partial charge in [0.05, 0.1) is 17.8 Å². The second-order valence-electron chi connectivity index (χ2n) is 3.62. The number of carbonyl (C=O) groups is 1. The molecule has 0 saturated heterocycles. The normalized spacial score (nSPS) is 17.2. The van der Waals surface area contributed by atoms with E-state index in [1.54, 1.807) is 0 Å². The number of hydrogen-bond donors (Lipinski definition) is 1. The van der Waals surface area contributed by atoms with E-state index in [0.717, 1.165) is 0 Å². The Balaban J connectivity index is 2.50. The van der Waals surface area contributed by atoms with Gasteiger partial charge in [-0.25, -0.2) is 0 Å². The second kappa shape index (κ2) is 3.38. The van der Waals surface area contributed by atoms with Crippen molar-refractivity contribution in [1.29, 1.82) is 0 Å². The van der Waals surface area contributed by atoms with Gasteiger partial charge in [-0.2, -0.15) is 0 Å². The van der Waals surface area contributed by atoms with Crippen LogP contribution in [0.4, 0.5) is 0 Å². The van der Waals surface area contributed by atoms with E-state index in [4.69, 9.17) is 16.3 Å². The van der Waals surface area contributed by atoms with Gasteiger partial charge in [0.1, 0.15) is 5.41 Å². The Morgan fingerprint density at radius 3 is 2.73 bits per heavy atom. The average molecular weight is 228 g/mol. The predicted molar refractivity (Wildman–Crippen MR) is 55.0 cm³/mol. The molecule has 1 aliphatic rings. The van der Waals surface area contributed by atoms with Gasteiger partial charge >= 0.3 is 5.97 Å². The van der Waals surface area contributed by atoms with E-state index < -0.39 is 5.41 Å². The Morgan fingerprint density at radius 2 is 2.20 bits per heavy atom. The van der Waals surface area contributed by atoms with Crippen molar-refractivity contribution in [2.24, 2.45) is 0 Å². The number of halogens is 1. The molecule has 4 nitrogen and oxygen atoms in total. The highest BCUT2D eigenvalue weighted by Crippen LogP contribution is 2.49. The van der Waals surface area contributed by atoms with Gasteiger partial charge in [-0.15, -0.1) is 0 Å². The number of aromatic amines is 1. The van der Waals surface area contributed by atoms with Gasteiger partial charge in [-0.05, 0) is 18.9 Å². The maximum atomic E-state index is 11.6. The van der Waals surface area contributed by atoms with Gasteiger partial charge in [-0.1, -0.05) is 11.6 Å². The van der Waals surface area contributed by atoms with Crippen molar-refractivity contribution in [3.63, 3.8) is 0 Å². The molecule has 1 fully saturated rings. The molecule has 15 heavy (non-hydrogen) atoms. The lowest BCUT2D eigenvalue weighted by molar-refractivity contribution is -0.143. The van der Waals surface area contributed by atoms with E-state index in [9.17, 15) is 9.59 Å². The Morgan fingerprint density at radius 1 is 1.53 bits per heavy atom. The molecule has 1 aliphatic carbocycles. The van der Waals surface area contributed by atoms with Crippen LogP contribution in [0.25, 0.3) is 0 Å². The minimum Gasteiger partial charge on any atom is -0.468 e. The number of esters is 1. The Bertz CT molecular complexity index is 462. The maximum Gasteiger partial charge on any atom is 0.317 e. The van der Waals surface area contributed by atoms with Crippen LogP contribution >= 0.6 is 11.6 Å². The van der Waals surface area contributed by atoms with Crippen LogP contribution in [0.15, 0.2) is 16.9 Å². The van der Waals surface area contributed by atoms with Crippen molar-refractivity contribution in [2.45, 2.75) is 18.3 Å². The van der Waals surface area contributed by atoms with Crippen molar-refractivity contribution >= 4 is 17.6 Å². The third-order valence-electron chi connectivity index (χ3n) is 2.67. The molecule has 1 aromatic heterocycles. The molecule has 0 spiro atoms. The second-order valence-corrected chi connectivity index (χ2v) is 4.03. The molecular formula is C10H10ClNO3. The lowest BCUT2D eigenvalue weighted by Gasteiger charge is -2.13. The highest BCUT2D eigenvalue weighted by molar-refractivity contribution is 6.31. The van der Waals surface area contributed by atoms with E-state index >= 15 is 0 Å². The summed E-state index contributed by atoms with van der Waals surface area (Å²) in [6.45, 7) is 0. The molecule has 1 aromatic rings. The van der Waals surface area contributed by atoms with Crippen molar-refractivity contribution in [2.75, 3.05) is 7.11 Å². The first-order valence-corrected chi connectivity index (χ1v) is 4.96. The third-order valence-corrected chi connectivity index (χ3v) is 2.99. The summed E-state index contributed by atoms with van der Waals surface area (Å²) >= 11 is 5.94. The fraction of sp³-hybridized carbons (Fsp3) is 0.400. The summed E-state index contributed by atoms with van der Waals surface area (Å²) in [5.74, 6) is -0.341. The topological polar surface area (TPSA) is 59.2 Å². The molecule has 2 rings (SSSR count). The lowest BCUT2D eigenvalue weighted by atomic mass is 10.0. The molecule has 0 radical (unpaired) electrons. The SMILES string of the molecule is COC(=O)C1(c2[nH]c(=O)ccc2Cl)CC1. The summed E-state index contributed by atoms with van der Waals surface area (Å²) < 4.78 is 4.71. The van der Waals surface area contributed by atoms with Crippen LogP contribution in [0.5, 0.6) is 0 Å². The van der Waals surface area contributed by atoms with Crippen LogP contribution in [0.1, 0.15) is 18.5 Å². The smallest absolute Gasteiger partial charge is 0.317 e. The van der Waals surface area contributed by atoms with E-state index in [0.29, 0.717) is 23.6 Å². The Labute approximate surface area is 91.2 Å². The predicted octanol–water partition coefficient (Wildman–Crippen LogP) is 1.23. The Kier molecular flexibility index (Phi) is 2.31. The Hall–Kier alpha value is -1.29. The van der Waals surface area contributed by atoms with Gasteiger partial charge in [0.25, 0.3) is 0 Å². The molecule has 5 heteroatoms. The number of aromatic nitrogens is 1. The van der Waals surface area contributed by atoms with Crippen molar-refractivity contribution in [1.82, 2.24) is 4.98 Å². The minimum atomic E-state index is -0.716. The summed E-state index contributed by atoms with van der Waals surface area (Å²) in [6, 6.07) is 2.83. The van der Waals surface area contributed by atoms with Crippen LogP contribution in [-0.4, -0.2) is 18.1 Å². The van der Waals surface area contributed by atoms with E-state index in [1.165, 1.54) is 19.2 Å². The first kappa shape index (κ1) is 10.2. The first-order chi connectivity index (χ1) is 7.10. The molecule has 0 atom stereocenters. The number of ether oxygens (including phenoxy) is 1. The van der Waals surface area contributed by atoms with Gasteiger partial charge < -0.3 is 9.72 Å². The van der Waals surface area contributed by atoms with Gasteiger partial charge in [-0.3, -0.25) is 9.59 Å². The van der Waals surface area contributed by atoms with Gasteiger partial charge in [0, 0.05) is 6.07 Å².